The van der Waals surface area contributed by atoms with Crippen LogP contribution in [0.15, 0.2) is 24.5 Å². The van der Waals surface area contributed by atoms with E-state index in [0.29, 0.717) is 11.7 Å². The number of hydrogen-bond acceptors (Lipinski definition) is 4. The van der Waals surface area contributed by atoms with Gasteiger partial charge in [0.25, 0.3) is 0 Å². The van der Waals surface area contributed by atoms with Gasteiger partial charge in [-0.05, 0) is 44.9 Å². The number of carbonyl (C=O) groups is 1. The van der Waals surface area contributed by atoms with Crippen molar-refractivity contribution in [3.63, 3.8) is 0 Å². The highest BCUT2D eigenvalue weighted by Crippen LogP contribution is 2.31. The van der Waals surface area contributed by atoms with E-state index in [1.807, 2.05) is 32.0 Å². The van der Waals surface area contributed by atoms with Gasteiger partial charge in [-0.3, -0.25) is 0 Å². The van der Waals surface area contributed by atoms with Gasteiger partial charge in [0.15, 0.2) is 5.82 Å². The molecule has 1 aromatic carbocycles. The van der Waals surface area contributed by atoms with Crippen molar-refractivity contribution >= 4 is 22.8 Å². The number of anilines is 1. The first-order chi connectivity index (χ1) is 12.6. The average molecular weight is 353 g/mol. The molecule has 0 bridgehead atoms. The minimum Gasteiger partial charge on any atom is -0.342 e. The van der Waals surface area contributed by atoms with Crippen LogP contribution in [0.2, 0.25) is 0 Å². The van der Waals surface area contributed by atoms with Gasteiger partial charge in [0, 0.05) is 11.7 Å². The van der Waals surface area contributed by atoms with Gasteiger partial charge in [-0.25, -0.2) is 9.78 Å². The third-order valence-corrected chi connectivity index (χ3v) is 4.91. The molecule has 0 unspecified atom stereocenters. The van der Waals surface area contributed by atoms with Gasteiger partial charge in [-0.2, -0.15) is 0 Å². The van der Waals surface area contributed by atoms with Crippen molar-refractivity contribution in [3.8, 4) is 0 Å². The Morgan fingerprint density at radius 3 is 2.96 bits per heavy atom. The number of aryl methyl sites for hydroxylation is 1. The van der Waals surface area contributed by atoms with Crippen LogP contribution in [0.1, 0.15) is 56.3 Å². The molecule has 0 radical (unpaired) electrons. The molecule has 136 valence electrons. The van der Waals surface area contributed by atoms with Gasteiger partial charge in [-0.15, -0.1) is 10.2 Å². The zero-order chi connectivity index (χ0) is 18.1. The molecule has 26 heavy (non-hydrogen) atoms. The maximum atomic E-state index is 12.4. The van der Waals surface area contributed by atoms with E-state index in [0.717, 1.165) is 35.5 Å². The topological polar surface area (TPSA) is 101 Å². The molecule has 1 atom stereocenters. The van der Waals surface area contributed by atoms with Gasteiger partial charge >= 0.3 is 6.03 Å². The summed E-state index contributed by atoms with van der Waals surface area (Å²) in [6.07, 6.45) is 6.54. The molecule has 0 spiro atoms. The third kappa shape index (κ3) is 3.26. The summed E-state index contributed by atoms with van der Waals surface area (Å²) in [5.74, 6) is 1.65. The molecule has 8 nitrogen and oxygen atoms in total. The average Bonchev–Trinajstić information content (AvgIpc) is 3.33. The Morgan fingerprint density at radius 1 is 1.35 bits per heavy atom. The summed E-state index contributed by atoms with van der Waals surface area (Å²) in [7, 11) is 0. The highest BCUT2D eigenvalue weighted by molar-refractivity contribution is 5.92. The van der Waals surface area contributed by atoms with Crippen molar-refractivity contribution in [2.24, 2.45) is 0 Å². The maximum Gasteiger partial charge on any atom is 0.319 e. The monoisotopic (exact) mass is 353 g/mol. The van der Waals surface area contributed by atoms with Crippen molar-refractivity contribution in [2.75, 3.05) is 5.32 Å². The van der Waals surface area contributed by atoms with E-state index < -0.39 is 0 Å². The molecule has 2 amide bonds. The molecule has 8 heteroatoms. The number of aromatic nitrogens is 5. The molecule has 0 aliphatic heterocycles. The number of amides is 2. The van der Waals surface area contributed by atoms with Crippen molar-refractivity contribution in [2.45, 2.75) is 51.6 Å². The van der Waals surface area contributed by atoms with Crippen LogP contribution in [0.5, 0.6) is 0 Å². The first-order valence-electron chi connectivity index (χ1n) is 9.03. The minimum atomic E-state index is -0.269. The minimum absolute atomic E-state index is 0.226. The Hall–Kier alpha value is -2.90. The predicted octanol–water partition coefficient (Wildman–Crippen LogP) is 3.46. The van der Waals surface area contributed by atoms with Crippen LogP contribution in [0, 0.1) is 6.92 Å². The van der Waals surface area contributed by atoms with E-state index in [1.54, 1.807) is 6.33 Å². The second-order valence-corrected chi connectivity index (χ2v) is 6.91. The second-order valence-electron chi connectivity index (χ2n) is 6.91. The lowest BCUT2D eigenvalue weighted by Gasteiger charge is -2.19. The number of rotatable bonds is 4. The summed E-state index contributed by atoms with van der Waals surface area (Å²) < 4.78 is 2.11. The Bertz CT molecular complexity index is 923. The van der Waals surface area contributed by atoms with E-state index in [2.05, 4.69) is 35.4 Å². The van der Waals surface area contributed by atoms with Crippen LogP contribution in [0.3, 0.4) is 0 Å². The summed E-state index contributed by atoms with van der Waals surface area (Å²) in [6.45, 7) is 3.83. The lowest BCUT2D eigenvalue weighted by molar-refractivity contribution is 0.248. The van der Waals surface area contributed by atoms with E-state index in [1.165, 1.54) is 12.8 Å². The van der Waals surface area contributed by atoms with Crippen LogP contribution >= 0.6 is 0 Å². The highest BCUT2D eigenvalue weighted by atomic mass is 16.2. The molecular formula is C18H23N7O. The van der Waals surface area contributed by atoms with Crippen molar-refractivity contribution in [1.82, 2.24) is 30.0 Å². The number of carbonyl (C=O) groups excluding carboxylic acids is 1. The summed E-state index contributed by atoms with van der Waals surface area (Å²) >= 11 is 0. The Kier molecular flexibility index (Phi) is 4.32. The van der Waals surface area contributed by atoms with E-state index in [9.17, 15) is 4.79 Å². The van der Waals surface area contributed by atoms with Crippen molar-refractivity contribution in [3.05, 3.63) is 36.2 Å². The van der Waals surface area contributed by atoms with Crippen molar-refractivity contribution < 1.29 is 4.79 Å². The van der Waals surface area contributed by atoms with Crippen LogP contribution in [0.25, 0.3) is 11.0 Å². The number of aromatic amines is 1. The molecule has 2 aromatic heterocycles. The fourth-order valence-electron chi connectivity index (χ4n) is 3.67. The summed E-state index contributed by atoms with van der Waals surface area (Å²) in [5.41, 5.74) is 2.49. The Morgan fingerprint density at radius 2 is 2.15 bits per heavy atom. The molecule has 2 heterocycles. The third-order valence-electron chi connectivity index (χ3n) is 4.91. The standard InChI is InChI=1S/C18H23N7O/c1-11(17-24-19-10-25(17)14-5-3-4-6-14)20-18(26)23-13-7-8-15-16(9-13)22-12(2)21-15/h7-11,14H,3-6H2,1-2H3,(H,21,22)(H2,20,23,26)/t11-/m1/s1. The SMILES string of the molecule is Cc1nc2ccc(NC(=O)N[C@H](C)c3nncn3C3CCCC3)cc2[nH]1. The smallest absolute Gasteiger partial charge is 0.319 e. The summed E-state index contributed by atoms with van der Waals surface area (Å²) in [6, 6.07) is 5.55. The molecule has 1 aliphatic rings. The first-order valence-corrected chi connectivity index (χ1v) is 9.03. The highest BCUT2D eigenvalue weighted by Gasteiger charge is 2.23. The van der Waals surface area contributed by atoms with E-state index >= 15 is 0 Å². The number of hydrogen-bond donors (Lipinski definition) is 3. The number of imidazole rings is 1. The number of urea groups is 1. The maximum absolute atomic E-state index is 12.4. The quantitative estimate of drug-likeness (QED) is 0.668. The normalized spacial score (nSPS) is 16.1. The zero-order valence-corrected chi connectivity index (χ0v) is 15.0. The van der Waals surface area contributed by atoms with Gasteiger partial charge in [0.1, 0.15) is 12.2 Å². The second kappa shape index (κ2) is 6.78. The number of benzene rings is 1. The number of fused-ring (bicyclic) bond motifs is 1. The van der Waals surface area contributed by atoms with Gasteiger partial charge in [-0.1, -0.05) is 12.8 Å². The molecule has 1 aliphatic carbocycles. The summed E-state index contributed by atoms with van der Waals surface area (Å²) in [5, 5.41) is 14.1. The van der Waals surface area contributed by atoms with Crippen LogP contribution in [0.4, 0.5) is 10.5 Å². The van der Waals surface area contributed by atoms with Crippen molar-refractivity contribution in [1.29, 1.82) is 0 Å². The Balaban J connectivity index is 1.43. The molecule has 3 N–H and O–H groups in total. The Labute approximate surface area is 151 Å². The van der Waals surface area contributed by atoms with E-state index in [4.69, 9.17) is 0 Å². The molecule has 4 rings (SSSR count). The number of H-pyrrole nitrogens is 1. The predicted molar refractivity (Wildman–Crippen MR) is 98.9 cm³/mol. The molecule has 0 saturated heterocycles. The lowest BCUT2D eigenvalue weighted by Crippen LogP contribution is -2.32. The van der Waals surface area contributed by atoms with Crippen LogP contribution < -0.4 is 10.6 Å². The fourth-order valence-corrected chi connectivity index (χ4v) is 3.67. The van der Waals surface area contributed by atoms with Crippen LogP contribution in [-0.2, 0) is 0 Å². The summed E-state index contributed by atoms with van der Waals surface area (Å²) in [4.78, 5) is 19.9. The number of nitrogens with zero attached hydrogens (tertiary/aromatic N) is 4. The van der Waals surface area contributed by atoms with Gasteiger partial charge in [0.2, 0.25) is 0 Å². The number of nitrogens with one attached hydrogen (secondary N) is 3. The molecule has 3 aromatic rings. The molecule has 1 saturated carbocycles. The fraction of sp³-hybridized carbons (Fsp3) is 0.444. The van der Waals surface area contributed by atoms with Crippen LogP contribution in [-0.4, -0.2) is 30.8 Å². The lowest BCUT2D eigenvalue weighted by atomic mass is 10.2. The first kappa shape index (κ1) is 16.6. The zero-order valence-electron chi connectivity index (χ0n) is 15.0. The molecule has 1 fully saturated rings. The van der Waals surface area contributed by atoms with E-state index in [-0.39, 0.29) is 12.1 Å². The largest absolute Gasteiger partial charge is 0.342 e. The van der Waals surface area contributed by atoms with Gasteiger partial charge < -0.3 is 20.2 Å². The van der Waals surface area contributed by atoms with Gasteiger partial charge in [0.05, 0.1) is 17.1 Å². The molecular weight excluding hydrogens is 330 g/mol.